The van der Waals surface area contributed by atoms with E-state index in [9.17, 15) is 4.39 Å². The zero-order chi connectivity index (χ0) is 8.72. The summed E-state index contributed by atoms with van der Waals surface area (Å²) in [7, 11) is 0. The number of hydrogen-bond acceptors (Lipinski definition) is 1. The van der Waals surface area contributed by atoms with Crippen LogP contribution in [0.3, 0.4) is 0 Å². The van der Waals surface area contributed by atoms with Crippen LogP contribution in [0.25, 0.3) is 0 Å². The van der Waals surface area contributed by atoms with Gasteiger partial charge in [0.2, 0.25) is 0 Å². The van der Waals surface area contributed by atoms with E-state index in [1.165, 1.54) is 11.6 Å². The Labute approximate surface area is 71.4 Å². The summed E-state index contributed by atoms with van der Waals surface area (Å²) in [6, 6.07) is 5.23. The van der Waals surface area contributed by atoms with Crippen molar-refractivity contribution in [1.82, 2.24) is 0 Å². The Morgan fingerprint density at radius 1 is 1.50 bits per heavy atom. The molecule has 64 valence electrons. The minimum Gasteiger partial charge on any atom is -0.327 e. The summed E-state index contributed by atoms with van der Waals surface area (Å²) in [5, 5.41) is 0. The molecule has 1 aromatic carbocycles. The maximum absolute atomic E-state index is 12.7. The summed E-state index contributed by atoms with van der Waals surface area (Å²) in [5.41, 5.74) is 7.94. The second kappa shape index (κ2) is 2.56. The Hall–Kier alpha value is -0.890. The van der Waals surface area contributed by atoms with Gasteiger partial charge in [-0.1, -0.05) is 6.07 Å². The zero-order valence-corrected chi connectivity index (χ0v) is 7.05. The number of benzene rings is 1. The summed E-state index contributed by atoms with van der Waals surface area (Å²) in [5.74, 6) is 0.316. The number of nitrogens with two attached hydrogens (primary N) is 1. The summed E-state index contributed by atoms with van der Waals surface area (Å²) in [4.78, 5) is 0. The van der Waals surface area contributed by atoms with Crippen molar-refractivity contribution in [1.29, 1.82) is 0 Å². The molecule has 1 aliphatic rings. The second-order valence-corrected chi connectivity index (χ2v) is 3.51. The van der Waals surface area contributed by atoms with Crippen molar-refractivity contribution in [3.8, 4) is 0 Å². The Bertz CT molecular complexity index is 309. The van der Waals surface area contributed by atoms with Crippen molar-refractivity contribution in [2.45, 2.75) is 25.3 Å². The maximum Gasteiger partial charge on any atom is 0.123 e. The van der Waals surface area contributed by atoms with E-state index in [-0.39, 0.29) is 5.82 Å². The predicted octanol–water partition coefficient (Wildman–Crippen LogP) is 1.95. The quantitative estimate of drug-likeness (QED) is 0.676. The fraction of sp³-hybridized carbons (Fsp3) is 0.400. The molecule has 1 aliphatic carbocycles. The Morgan fingerprint density at radius 2 is 2.17 bits per heavy atom. The molecule has 1 fully saturated rings. The zero-order valence-electron chi connectivity index (χ0n) is 7.05. The molecule has 1 aromatic rings. The van der Waals surface area contributed by atoms with Crippen LogP contribution >= 0.6 is 0 Å². The first kappa shape index (κ1) is 7.74. The lowest BCUT2D eigenvalue weighted by atomic mass is 10.0. The van der Waals surface area contributed by atoms with Crippen molar-refractivity contribution in [3.05, 3.63) is 35.1 Å². The third kappa shape index (κ3) is 1.23. The molecule has 0 unspecified atom stereocenters. The van der Waals surface area contributed by atoms with Gasteiger partial charge >= 0.3 is 0 Å². The van der Waals surface area contributed by atoms with E-state index < -0.39 is 0 Å². The summed E-state index contributed by atoms with van der Waals surface area (Å²) >= 11 is 0. The van der Waals surface area contributed by atoms with Gasteiger partial charge in [0.05, 0.1) is 0 Å². The third-order valence-corrected chi connectivity index (χ3v) is 2.47. The Balaban J connectivity index is 2.33. The van der Waals surface area contributed by atoms with Crippen molar-refractivity contribution < 1.29 is 4.39 Å². The number of halogens is 1. The van der Waals surface area contributed by atoms with Gasteiger partial charge in [-0.15, -0.1) is 0 Å². The number of hydrogen-bond donors (Lipinski definition) is 1. The van der Waals surface area contributed by atoms with E-state index in [1.807, 2.05) is 13.0 Å². The molecule has 0 spiro atoms. The molecule has 0 heterocycles. The molecular weight excluding hydrogens is 153 g/mol. The predicted molar refractivity (Wildman–Crippen MR) is 46.5 cm³/mol. The van der Waals surface area contributed by atoms with E-state index >= 15 is 0 Å². The molecule has 1 saturated carbocycles. The minimum absolute atomic E-state index is 0.162. The van der Waals surface area contributed by atoms with Crippen LogP contribution in [0.4, 0.5) is 4.39 Å². The van der Waals surface area contributed by atoms with E-state index in [4.69, 9.17) is 5.73 Å². The molecule has 1 nitrogen and oxygen atoms in total. The summed E-state index contributed by atoms with van der Waals surface area (Å²) in [6.45, 7) is 1.93. The summed E-state index contributed by atoms with van der Waals surface area (Å²) in [6.07, 6.45) is 1.05. The van der Waals surface area contributed by atoms with Gasteiger partial charge in [-0.3, -0.25) is 0 Å². The smallest absolute Gasteiger partial charge is 0.123 e. The molecule has 2 N–H and O–H groups in total. The van der Waals surface area contributed by atoms with Crippen molar-refractivity contribution in [3.63, 3.8) is 0 Å². The topological polar surface area (TPSA) is 26.0 Å². The van der Waals surface area contributed by atoms with Crippen molar-refractivity contribution in [2.75, 3.05) is 0 Å². The standard InChI is InChI=1S/C10H12FN/c1-6-4-7(11)2-3-8(6)9-5-10(9)12/h2-4,9-10H,5,12H2,1H3/t9-,10+/m0/s1. The molecule has 0 radical (unpaired) electrons. The van der Waals surface area contributed by atoms with Crippen LogP contribution < -0.4 is 5.73 Å². The fourth-order valence-electron chi connectivity index (χ4n) is 1.63. The average molecular weight is 165 g/mol. The molecule has 2 heteroatoms. The molecule has 0 saturated heterocycles. The lowest BCUT2D eigenvalue weighted by Crippen LogP contribution is -2.02. The molecule has 2 rings (SSSR count). The molecule has 12 heavy (non-hydrogen) atoms. The second-order valence-electron chi connectivity index (χ2n) is 3.51. The first-order chi connectivity index (χ1) is 5.68. The van der Waals surface area contributed by atoms with E-state index in [0.29, 0.717) is 12.0 Å². The number of rotatable bonds is 1. The van der Waals surface area contributed by atoms with E-state index in [2.05, 4.69) is 0 Å². The highest BCUT2D eigenvalue weighted by Crippen LogP contribution is 2.40. The molecule has 0 aliphatic heterocycles. The van der Waals surface area contributed by atoms with Crippen LogP contribution in [-0.4, -0.2) is 6.04 Å². The molecular formula is C10H12FN. The third-order valence-electron chi connectivity index (χ3n) is 2.47. The SMILES string of the molecule is Cc1cc(F)ccc1[C@@H]1C[C@H]1N. The minimum atomic E-state index is -0.162. The first-order valence-electron chi connectivity index (χ1n) is 4.20. The van der Waals surface area contributed by atoms with Crippen LogP contribution in [0, 0.1) is 12.7 Å². The van der Waals surface area contributed by atoms with Gasteiger partial charge in [0.25, 0.3) is 0 Å². The van der Waals surface area contributed by atoms with Crippen LogP contribution in [0.15, 0.2) is 18.2 Å². The van der Waals surface area contributed by atoms with Crippen molar-refractivity contribution in [2.24, 2.45) is 5.73 Å². The number of aryl methyl sites for hydroxylation is 1. The van der Waals surface area contributed by atoms with Crippen molar-refractivity contribution >= 4 is 0 Å². The monoisotopic (exact) mass is 165 g/mol. The molecule has 0 aromatic heterocycles. The van der Waals surface area contributed by atoms with Gasteiger partial charge in [-0.25, -0.2) is 4.39 Å². The van der Waals surface area contributed by atoms with Gasteiger partial charge < -0.3 is 5.73 Å². The normalized spacial score (nSPS) is 27.2. The van der Waals surface area contributed by atoms with Gasteiger partial charge in [-0.05, 0) is 36.6 Å². The van der Waals surface area contributed by atoms with Crippen LogP contribution in [-0.2, 0) is 0 Å². The molecule has 0 bridgehead atoms. The lowest BCUT2D eigenvalue weighted by molar-refractivity contribution is 0.625. The molecule has 0 amide bonds. The first-order valence-corrected chi connectivity index (χ1v) is 4.20. The van der Waals surface area contributed by atoms with E-state index in [1.54, 1.807) is 6.07 Å². The Kier molecular flexibility index (Phi) is 1.65. The lowest BCUT2D eigenvalue weighted by Gasteiger charge is -2.03. The largest absolute Gasteiger partial charge is 0.327 e. The van der Waals surface area contributed by atoms with Gasteiger partial charge in [0, 0.05) is 12.0 Å². The molecule has 2 atom stereocenters. The fourth-order valence-corrected chi connectivity index (χ4v) is 1.63. The highest BCUT2D eigenvalue weighted by Gasteiger charge is 2.35. The van der Waals surface area contributed by atoms with Gasteiger partial charge in [-0.2, -0.15) is 0 Å². The maximum atomic E-state index is 12.7. The highest BCUT2D eigenvalue weighted by atomic mass is 19.1. The average Bonchev–Trinajstić information content (AvgIpc) is 2.66. The van der Waals surface area contributed by atoms with Crippen LogP contribution in [0.5, 0.6) is 0 Å². The van der Waals surface area contributed by atoms with Gasteiger partial charge in [0.1, 0.15) is 5.82 Å². The van der Waals surface area contributed by atoms with Crippen LogP contribution in [0.2, 0.25) is 0 Å². The highest BCUT2D eigenvalue weighted by molar-refractivity contribution is 5.35. The van der Waals surface area contributed by atoms with Gasteiger partial charge in [0.15, 0.2) is 0 Å². The Morgan fingerprint density at radius 3 is 2.67 bits per heavy atom. The van der Waals surface area contributed by atoms with Crippen LogP contribution in [0.1, 0.15) is 23.5 Å². The van der Waals surface area contributed by atoms with E-state index in [0.717, 1.165) is 12.0 Å². The summed E-state index contributed by atoms with van der Waals surface area (Å²) < 4.78 is 12.7.